The van der Waals surface area contributed by atoms with E-state index in [-0.39, 0.29) is 11.8 Å². The maximum absolute atomic E-state index is 12.0. The molecule has 1 heterocycles. The van der Waals surface area contributed by atoms with Crippen LogP contribution in [-0.4, -0.2) is 18.4 Å². The van der Waals surface area contributed by atoms with Gasteiger partial charge in [0.05, 0.1) is 12.6 Å². The molecule has 16 heavy (non-hydrogen) atoms. The fourth-order valence-electron chi connectivity index (χ4n) is 2.00. The number of Topliss-reactive ketones (excluding diaryl/α,β-unsaturated/α-hetero) is 1. The molecule has 1 aromatic carbocycles. The molecule has 0 saturated heterocycles. The molecule has 3 nitrogen and oxygen atoms in total. The number of ketones is 1. The molecule has 0 saturated carbocycles. The third-order valence-electron chi connectivity index (χ3n) is 2.91. The standard InChI is InChI=1S/C13H17NO2/c1-2-3-11(14)13(15)10-4-5-12-9(8-10)6-7-16-12/h4-5,8,11H,2-3,6-7,14H2,1H3. The van der Waals surface area contributed by atoms with Gasteiger partial charge in [-0.05, 0) is 30.2 Å². The highest BCUT2D eigenvalue weighted by Crippen LogP contribution is 2.26. The number of fused-ring (bicyclic) bond motifs is 1. The minimum absolute atomic E-state index is 0.0385. The Hall–Kier alpha value is -1.35. The summed E-state index contributed by atoms with van der Waals surface area (Å²) in [4.78, 5) is 12.0. The Balaban J connectivity index is 2.18. The van der Waals surface area contributed by atoms with Crippen molar-refractivity contribution in [3.63, 3.8) is 0 Å². The van der Waals surface area contributed by atoms with Crippen molar-refractivity contribution in [1.82, 2.24) is 0 Å². The third kappa shape index (κ3) is 2.09. The van der Waals surface area contributed by atoms with Gasteiger partial charge in [0, 0.05) is 12.0 Å². The first-order valence-corrected chi connectivity index (χ1v) is 5.78. The average Bonchev–Trinajstić information content (AvgIpc) is 2.75. The van der Waals surface area contributed by atoms with Crippen LogP contribution in [0.4, 0.5) is 0 Å². The second kappa shape index (κ2) is 4.66. The highest BCUT2D eigenvalue weighted by atomic mass is 16.5. The van der Waals surface area contributed by atoms with Gasteiger partial charge < -0.3 is 10.5 Å². The Kier molecular flexibility index (Phi) is 3.25. The van der Waals surface area contributed by atoms with E-state index < -0.39 is 0 Å². The summed E-state index contributed by atoms with van der Waals surface area (Å²) in [6.45, 7) is 2.75. The number of carbonyl (C=O) groups excluding carboxylic acids is 1. The first-order valence-electron chi connectivity index (χ1n) is 5.78. The first kappa shape index (κ1) is 11.1. The fourth-order valence-corrected chi connectivity index (χ4v) is 2.00. The molecule has 3 heteroatoms. The van der Waals surface area contributed by atoms with Gasteiger partial charge in [-0.3, -0.25) is 4.79 Å². The van der Waals surface area contributed by atoms with Gasteiger partial charge in [-0.25, -0.2) is 0 Å². The molecule has 2 N–H and O–H groups in total. The van der Waals surface area contributed by atoms with Crippen LogP contribution >= 0.6 is 0 Å². The summed E-state index contributed by atoms with van der Waals surface area (Å²) >= 11 is 0. The van der Waals surface area contributed by atoms with E-state index in [1.807, 2.05) is 25.1 Å². The Morgan fingerprint density at radius 2 is 2.38 bits per heavy atom. The smallest absolute Gasteiger partial charge is 0.179 e. The Morgan fingerprint density at radius 3 is 3.12 bits per heavy atom. The van der Waals surface area contributed by atoms with Gasteiger partial charge in [-0.1, -0.05) is 13.3 Å². The maximum atomic E-state index is 12.0. The Labute approximate surface area is 95.6 Å². The van der Waals surface area contributed by atoms with E-state index in [2.05, 4.69) is 0 Å². The van der Waals surface area contributed by atoms with E-state index >= 15 is 0 Å². The molecule has 0 fully saturated rings. The summed E-state index contributed by atoms with van der Waals surface area (Å²) in [7, 11) is 0. The van der Waals surface area contributed by atoms with E-state index in [0.717, 1.165) is 30.6 Å². The lowest BCUT2D eigenvalue weighted by Crippen LogP contribution is -2.30. The molecule has 0 aliphatic carbocycles. The van der Waals surface area contributed by atoms with Crippen molar-refractivity contribution in [3.8, 4) is 5.75 Å². The number of rotatable bonds is 4. The van der Waals surface area contributed by atoms with Crippen LogP contribution in [0.5, 0.6) is 5.75 Å². The van der Waals surface area contributed by atoms with E-state index in [0.29, 0.717) is 12.2 Å². The van der Waals surface area contributed by atoms with Crippen LogP contribution in [0.15, 0.2) is 18.2 Å². The number of benzene rings is 1. The SMILES string of the molecule is CCCC(N)C(=O)c1ccc2c(c1)CCO2. The van der Waals surface area contributed by atoms with Gasteiger partial charge in [0.1, 0.15) is 5.75 Å². The molecular weight excluding hydrogens is 202 g/mol. The number of hydrogen-bond acceptors (Lipinski definition) is 3. The first-order chi connectivity index (χ1) is 7.72. The number of hydrogen-bond donors (Lipinski definition) is 1. The summed E-state index contributed by atoms with van der Waals surface area (Å²) in [5.74, 6) is 0.942. The van der Waals surface area contributed by atoms with Gasteiger partial charge in [0.25, 0.3) is 0 Å². The molecule has 1 unspecified atom stereocenters. The lowest BCUT2D eigenvalue weighted by atomic mass is 9.99. The Morgan fingerprint density at radius 1 is 1.56 bits per heavy atom. The van der Waals surface area contributed by atoms with E-state index in [9.17, 15) is 4.79 Å². The second-order valence-electron chi connectivity index (χ2n) is 4.18. The highest BCUT2D eigenvalue weighted by molar-refractivity contribution is 6.00. The monoisotopic (exact) mass is 219 g/mol. The summed E-state index contributed by atoms with van der Waals surface area (Å²) in [5.41, 5.74) is 7.66. The normalized spacial score (nSPS) is 15.4. The van der Waals surface area contributed by atoms with Crippen LogP contribution < -0.4 is 10.5 Å². The fraction of sp³-hybridized carbons (Fsp3) is 0.462. The van der Waals surface area contributed by atoms with Crippen molar-refractivity contribution >= 4 is 5.78 Å². The van der Waals surface area contributed by atoms with Crippen LogP contribution in [0.2, 0.25) is 0 Å². The molecule has 0 radical (unpaired) electrons. The van der Waals surface area contributed by atoms with Crippen molar-refractivity contribution in [2.75, 3.05) is 6.61 Å². The minimum atomic E-state index is -0.370. The minimum Gasteiger partial charge on any atom is -0.493 e. The van der Waals surface area contributed by atoms with Crippen molar-refractivity contribution in [2.24, 2.45) is 5.73 Å². The predicted molar refractivity (Wildman–Crippen MR) is 62.9 cm³/mol. The third-order valence-corrected chi connectivity index (χ3v) is 2.91. The van der Waals surface area contributed by atoms with Crippen LogP contribution in [0.3, 0.4) is 0 Å². The molecule has 0 spiro atoms. The van der Waals surface area contributed by atoms with Gasteiger partial charge in [-0.2, -0.15) is 0 Å². The zero-order chi connectivity index (χ0) is 11.5. The molecule has 1 aliphatic rings. The highest BCUT2D eigenvalue weighted by Gasteiger charge is 2.18. The quantitative estimate of drug-likeness (QED) is 0.787. The molecule has 0 aromatic heterocycles. The molecular formula is C13H17NO2. The molecule has 1 aromatic rings. The maximum Gasteiger partial charge on any atom is 0.179 e. The Bertz CT molecular complexity index is 401. The molecule has 1 atom stereocenters. The molecule has 86 valence electrons. The predicted octanol–water partition coefficient (Wildman–Crippen LogP) is 1.93. The molecule has 0 amide bonds. The number of nitrogens with two attached hydrogens (primary N) is 1. The van der Waals surface area contributed by atoms with Crippen molar-refractivity contribution < 1.29 is 9.53 Å². The summed E-state index contributed by atoms with van der Waals surface area (Å²) in [6, 6.07) is 5.22. The van der Waals surface area contributed by atoms with Crippen LogP contribution in [0.25, 0.3) is 0 Å². The summed E-state index contributed by atoms with van der Waals surface area (Å²) < 4.78 is 5.40. The molecule has 1 aliphatic heterocycles. The second-order valence-corrected chi connectivity index (χ2v) is 4.18. The van der Waals surface area contributed by atoms with Crippen LogP contribution in [0.1, 0.15) is 35.7 Å². The largest absolute Gasteiger partial charge is 0.493 e. The van der Waals surface area contributed by atoms with Crippen LogP contribution in [0, 0.1) is 0 Å². The average molecular weight is 219 g/mol. The number of carbonyl (C=O) groups is 1. The van der Waals surface area contributed by atoms with Crippen LogP contribution in [-0.2, 0) is 6.42 Å². The molecule has 2 rings (SSSR count). The topological polar surface area (TPSA) is 52.3 Å². The zero-order valence-corrected chi connectivity index (χ0v) is 9.53. The van der Waals surface area contributed by atoms with Crippen molar-refractivity contribution in [2.45, 2.75) is 32.2 Å². The van der Waals surface area contributed by atoms with Crippen molar-refractivity contribution in [1.29, 1.82) is 0 Å². The van der Waals surface area contributed by atoms with Gasteiger partial charge in [0.2, 0.25) is 0 Å². The number of ether oxygens (including phenoxy) is 1. The molecule has 0 bridgehead atoms. The lowest BCUT2D eigenvalue weighted by Gasteiger charge is -2.09. The zero-order valence-electron chi connectivity index (χ0n) is 9.53. The van der Waals surface area contributed by atoms with E-state index in [1.165, 1.54) is 0 Å². The van der Waals surface area contributed by atoms with E-state index in [1.54, 1.807) is 0 Å². The summed E-state index contributed by atoms with van der Waals surface area (Å²) in [6.07, 6.45) is 2.56. The van der Waals surface area contributed by atoms with Gasteiger partial charge in [-0.15, -0.1) is 0 Å². The lowest BCUT2D eigenvalue weighted by molar-refractivity contribution is 0.0957. The van der Waals surface area contributed by atoms with Crippen molar-refractivity contribution in [3.05, 3.63) is 29.3 Å². The van der Waals surface area contributed by atoms with E-state index in [4.69, 9.17) is 10.5 Å². The summed E-state index contributed by atoms with van der Waals surface area (Å²) in [5, 5.41) is 0. The van der Waals surface area contributed by atoms with Gasteiger partial charge >= 0.3 is 0 Å². The van der Waals surface area contributed by atoms with Gasteiger partial charge in [0.15, 0.2) is 5.78 Å².